The molecule has 0 saturated heterocycles. The van der Waals surface area contributed by atoms with E-state index in [4.69, 9.17) is 16.3 Å². The normalized spacial score (nSPS) is 15.5. The number of hydrogen-bond donors (Lipinski definition) is 1. The fraction of sp³-hybridized carbons (Fsp3) is 0.211. The Balaban J connectivity index is 1.77. The first kappa shape index (κ1) is 16.6. The largest absolute Gasteiger partial charge is 0.487 e. The maximum atomic E-state index is 12.9. The molecule has 7 heteroatoms. The van der Waals surface area contributed by atoms with Crippen molar-refractivity contribution in [2.45, 2.75) is 26.1 Å². The van der Waals surface area contributed by atoms with Crippen molar-refractivity contribution in [1.82, 2.24) is 14.9 Å². The van der Waals surface area contributed by atoms with E-state index in [-0.39, 0.29) is 18.2 Å². The second-order valence-electron chi connectivity index (χ2n) is 6.23. The van der Waals surface area contributed by atoms with E-state index in [1.54, 1.807) is 36.7 Å². The van der Waals surface area contributed by atoms with Gasteiger partial charge in [-0.3, -0.25) is 14.6 Å². The van der Waals surface area contributed by atoms with Crippen LogP contribution >= 0.6 is 11.6 Å². The molecule has 0 spiro atoms. The summed E-state index contributed by atoms with van der Waals surface area (Å²) in [5, 5.41) is 3.36. The summed E-state index contributed by atoms with van der Waals surface area (Å²) in [6.45, 7) is 2.71. The van der Waals surface area contributed by atoms with E-state index in [2.05, 4.69) is 10.3 Å². The lowest BCUT2D eigenvalue weighted by Gasteiger charge is -2.26. The Hall–Kier alpha value is -2.86. The molecule has 1 aliphatic rings. The molecule has 0 saturated carbocycles. The summed E-state index contributed by atoms with van der Waals surface area (Å²) in [5.74, 6) is 0.146. The lowest BCUT2D eigenvalue weighted by molar-refractivity contribution is 0.0948. The molecule has 3 aromatic rings. The van der Waals surface area contributed by atoms with E-state index < -0.39 is 11.3 Å². The number of amides is 1. The Morgan fingerprint density at radius 3 is 3.00 bits per heavy atom. The van der Waals surface area contributed by atoms with Gasteiger partial charge in [0, 0.05) is 12.4 Å². The molecule has 4 rings (SSSR count). The molecule has 132 valence electrons. The third kappa shape index (κ3) is 2.82. The number of nitrogens with one attached hydrogen (secondary N) is 1. The summed E-state index contributed by atoms with van der Waals surface area (Å²) in [7, 11) is 0. The molecule has 0 aliphatic carbocycles. The zero-order chi connectivity index (χ0) is 18.3. The summed E-state index contributed by atoms with van der Waals surface area (Å²) >= 11 is 6.26. The SMILES string of the molecule is C[C@H]1Cn2cc(C(=O)NCc3ccccn3)c(=O)c3c(Cl)ccc(c32)O1. The van der Waals surface area contributed by atoms with Crippen LogP contribution in [0.1, 0.15) is 23.0 Å². The molecule has 1 aromatic carbocycles. The van der Waals surface area contributed by atoms with E-state index in [0.717, 1.165) is 0 Å². The van der Waals surface area contributed by atoms with E-state index in [1.165, 1.54) is 0 Å². The monoisotopic (exact) mass is 369 g/mol. The van der Waals surface area contributed by atoms with E-state index in [0.29, 0.717) is 33.9 Å². The second-order valence-corrected chi connectivity index (χ2v) is 6.63. The van der Waals surface area contributed by atoms with Crippen LogP contribution in [-0.2, 0) is 13.1 Å². The van der Waals surface area contributed by atoms with Gasteiger partial charge < -0.3 is 14.6 Å². The number of halogens is 1. The highest BCUT2D eigenvalue weighted by Crippen LogP contribution is 2.33. The molecular formula is C19H16ClN3O3. The number of hydrogen-bond acceptors (Lipinski definition) is 4. The molecule has 26 heavy (non-hydrogen) atoms. The van der Waals surface area contributed by atoms with Crippen molar-refractivity contribution < 1.29 is 9.53 Å². The van der Waals surface area contributed by atoms with Crippen molar-refractivity contribution in [3.05, 3.63) is 69.2 Å². The first-order valence-electron chi connectivity index (χ1n) is 8.25. The van der Waals surface area contributed by atoms with Gasteiger partial charge >= 0.3 is 0 Å². The second kappa shape index (κ2) is 6.46. The van der Waals surface area contributed by atoms with Crippen molar-refractivity contribution in [2.75, 3.05) is 0 Å². The maximum absolute atomic E-state index is 12.9. The number of ether oxygens (including phenoxy) is 1. The number of carbonyl (C=O) groups excluding carboxylic acids is 1. The minimum Gasteiger partial charge on any atom is -0.487 e. The first-order valence-corrected chi connectivity index (χ1v) is 8.63. The maximum Gasteiger partial charge on any atom is 0.257 e. The Morgan fingerprint density at radius 2 is 2.23 bits per heavy atom. The van der Waals surface area contributed by atoms with Crippen LogP contribution in [0.25, 0.3) is 10.9 Å². The fourth-order valence-corrected chi connectivity index (χ4v) is 3.40. The average Bonchev–Trinajstić information content (AvgIpc) is 2.64. The van der Waals surface area contributed by atoms with Crippen LogP contribution in [0.4, 0.5) is 0 Å². The summed E-state index contributed by atoms with van der Waals surface area (Å²) in [6, 6.07) is 8.82. The molecule has 2 aromatic heterocycles. The molecule has 0 unspecified atom stereocenters. The number of rotatable bonds is 3. The Morgan fingerprint density at radius 1 is 1.38 bits per heavy atom. The zero-order valence-corrected chi connectivity index (χ0v) is 14.8. The van der Waals surface area contributed by atoms with Gasteiger partial charge in [0.25, 0.3) is 5.91 Å². The predicted molar refractivity (Wildman–Crippen MR) is 98.7 cm³/mol. The molecular weight excluding hydrogens is 354 g/mol. The number of nitrogens with zero attached hydrogens (tertiary/aromatic N) is 2. The smallest absolute Gasteiger partial charge is 0.257 e. The third-order valence-electron chi connectivity index (χ3n) is 4.32. The van der Waals surface area contributed by atoms with Crippen LogP contribution in [0, 0.1) is 0 Å². The van der Waals surface area contributed by atoms with Crippen LogP contribution in [-0.4, -0.2) is 21.6 Å². The predicted octanol–water partition coefficient (Wildman–Crippen LogP) is 2.76. The van der Waals surface area contributed by atoms with E-state index in [9.17, 15) is 9.59 Å². The van der Waals surface area contributed by atoms with Crippen LogP contribution in [0.5, 0.6) is 5.75 Å². The first-order chi connectivity index (χ1) is 12.5. The molecule has 1 aliphatic heterocycles. The number of pyridine rings is 2. The standard InChI is InChI=1S/C19H16ClN3O3/c1-11-9-23-10-13(19(25)22-8-12-4-2-3-7-21-12)18(24)16-14(20)5-6-15(26-11)17(16)23/h2-7,10-11H,8-9H2,1H3,(H,22,25)/t11-/m0/s1. The van der Waals surface area contributed by atoms with Crippen LogP contribution < -0.4 is 15.5 Å². The quantitative estimate of drug-likeness (QED) is 0.770. The van der Waals surface area contributed by atoms with Crippen molar-refractivity contribution in [2.24, 2.45) is 0 Å². The Kier molecular flexibility index (Phi) is 4.12. The van der Waals surface area contributed by atoms with Crippen LogP contribution in [0.2, 0.25) is 5.02 Å². The highest BCUT2D eigenvalue weighted by molar-refractivity contribution is 6.35. The van der Waals surface area contributed by atoms with Gasteiger partial charge in [-0.05, 0) is 31.2 Å². The molecule has 6 nitrogen and oxygen atoms in total. The third-order valence-corrected chi connectivity index (χ3v) is 4.63. The highest BCUT2D eigenvalue weighted by Gasteiger charge is 2.24. The molecule has 1 N–H and O–H groups in total. The Bertz CT molecular complexity index is 1060. The van der Waals surface area contributed by atoms with Gasteiger partial charge in [0.2, 0.25) is 5.43 Å². The van der Waals surface area contributed by atoms with E-state index >= 15 is 0 Å². The summed E-state index contributed by atoms with van der Waals surface area (Å²) in [5.41, 5.74) is 0.994. The number of aromatic nitrogens is 2. The van der Waals surface area contributed by atoms with Gasteiger partial charge in [-0.15, -0.1) is 0 Å². The van der Waals surface area contributed by atoms with Crippen molar-refractivity contribution in [1.29, 1.82) is 0 Å². The minimum absolute atomic E-state index is 0.0570. The molecule has 0 fully saturated rings. The Labute approximate surface area is 154 Å². The molecule has 0 bridgehead atoms. The minimum atomic E-state index is -0.452. The van der Waals surface area contributed by atoms with Gasteiger partial charge in [-0.2, -0.15) is 0 Å². The molecule has 1 atom stereocenters. The summed E-state index contributed by atoms with van der Waals surface area (Å²) in [4.78, 5) is 29.7. The van der Waals surface area contributed by atoms with Crippen molar-refractivity contribution >= 4 is 28.4 Å². The topological polar surface area (TPSA) is 73.2 Å². The van der Waals surface area contributed by atoms with Crippen LogP contribution in [0.3, 0.4) is 0 Å². The van der Waals surface area contributed by atoms with Crippen molar-refractivity contribution in [3.63, 3.8) is 0 Å². The molecule has 3 heterocycles. The number of carbonyl (C=O) groups is 1. The van der Waals surface area contributed by atoms with E-state index in [1.807, 2.05) is 17.6 Å². The highest BCUT2D eigenvalue weighted by atomic mass is 35.5. The molecule has 1 amide bonds. The summed E-state index contributed by atoms with van der Waals surface area (Å²) < 4.78 is 7.66. The lowest BCUT2D eigenvalue weighted by Crippen LogP contribution is -2.32. The van der Waals surface area contributed by atoms with Gasteiger partial charge in [0.1, 0.15) is 17.4 Å². The average molecular weight is 370 g/mol. The lowest BCUT2D eigenvalue weighted by atomic mass is 10.1. The van der Waals surface area contributed by atoms with Crippen molar-refractivity contribution in [3.8, 4) is 5.75 Å². The van der Waals surface area contributed by atoms with Gasteiger partial charge in [0.05, 0.1) is 34.7 Å². The number of benzene rings is 1. The zero-order valence-electron chi connectivity index (χ0n) is 14.0. The fourth-order valence-electron chi connectivity index (χ4n) is 3.16. The van der Waals surface area contributed by atoms with Gasteiger partial charge in [-0.1, -0.05) is 17.7 Å². The van der Waals surface area contributed by atoms with Gasteiger partial charge in [-0.25, -0.2) is 0 Å². The summed E-state index contributed by atoms with van der Waals surface area (Å²) in [6.07, 6.45) is 3.16. The van der Waals surface area contributed by atoms with Gasteiger partial charge in [0.15, 0.2) is 0 Å². The molecule has 0 radical (unpaired) electrons. The van der Waals surface area contributed by atoms with Crippen LogP contribution in [0.15, 0.2) is 47.5 Å².